The van der Waals surface area contributed by atoms with Crippen LogP contribution in [0.2, 0.25) is 0 Å². The van der Waals surface area contributed by atoms with Crippen molar-refractivity contribution in [1.82, 2.24) is 9.88 Å². The number of carbonyl (C=O) groups excluding carboxylic acids is 1. The number of carbonyl (C=O) groups is 2. The van der Waals surface area contributed by atoms with Crippen molar-refractivity contribution in [3.05, 3.63) is 48.0 Å². The summed E-state index contributed by atoms with van der Waals surface area (Å²) < 4.78 is 5.39. The van der Waals surface area contributed by atoms with Crippen LogP contribution in [0.25, 0.3) is 0 Å². The van der Waals surface area contributed by atoms with Gasteiger partial charge in [-0.15, -0.1) is 0 Å². The molecule has 2 fully saturated rings. The van der Waals surface area contributed by atoms with E-state index in [1.54, 1.807) is 23.2 Å². The number of likely N-dealkylation sites (tertiary alicyclic amines) is 1. The Kier molecular flexibility index (Phi) is 6.94. The van der Waals surface area contributed by atoms with E-state index in [1.807, 2.05) is 19.1 Å². The summed E-state index contributed by atoms with van der Waals surface area (Å²) in [5.41, 5.74) is 0.492. The number of aromatic nitrogens is 1. The molecule has 7 heteroatoms. The van der Waals surface area contributed by atoms with E-state index in [1.165, 1.54) is 6.26 Å². The van der Waals surface area contributed by atoms with Crippen molar-refractivity contribution in [2.24, 2.45) is 5.41 Å². The third-order valence-electron chi connectivity index (χ3n) is 7.19. The molecule has 0 unspecified atom stereocenters. The highest BCUT2D eigenvalue weighted by atomic mass is 16.4. The van der Waals surface area contributed by atoms with E-state index in [0.717, 1.165) is 70.1 Å². The molecule has 0 spiro atoms. The second-order valence-electron chi connectivity index (χ2n) is 9.32. The SMILES string of the molecule is Cc1ccc(N(C(=O)c2ccco2)C2CCN(CCC3(C(=O)O)CCCCC3)CC2)nc1. The van der Waals surface area contributed by atoms with Crippen LogP contribution < -0.4 is 4.90 Å². The summed E-state index contributed by atoms with van der Waals surface area (Å²) in [5.74, 6) is 0.155. The molecule has 2 aromatic heterocycles. The Morgan fingerprint density at radius 2 is 1.94 bits per heavy atom. The Morgan fingerprint density at radius 1 is 1.19 bits per heavy atom. The molecule has 2 aliphatic rings. The van der Waals surface area contributed by atoms with Gasteiger partial charge in [0.05, 0.1) is 11.7 Å². The summed E-state index contributed by atoms with van der Waals surface area (Å²) in [5, 5.41) is 9.85. The topological polar surface area (TPSA) is 86.9 Å². The number of aliphatic carboxylic acids is 1. The molecule has 4 rings (SSSR count). The average molecular weight is 440 g/mol. The smallest absolute Gasteiger partial charge is 0.309 e. The van der Waals surface area contributed by atoms with Gasteiger partial charge in [0, 0.05) is 25.3 Å². The molecular formula is C25H33N3O4. The van der Waals surface area contributed by atoms with Gasteiger partial charge >= 0.3 is 5.97 Å². The number of hydrogen-bond acceptors (Lipinski definition) is 5. The van der Waals surface area contributed by atoms with E-state index in [9.17, 15) is 14.7 Å². The lowest BCUT2D eigenvalue weighted by Gasteiger charge is -2.40. The minimum Gasteiger partial charge on any atom is -0.481 e. The van der Waals surface area contributed by atoms with Gasteiger partial charge in [0.1, 0.15) is 5.82 Å². The Bertz CT molecular complexity index is 896. The molecule has 0 atom stereocenters. The molecule has 1 aliphatic heterocycles. The average Bonchev–Trinajstić information content (AvgIpc) is 3.35. The van der Waals surface area contributed by atoms with E-state index in [0.29, 0.717) is 18.0 Å². The molecule has 1 aliphatic carbocycles. The van der Waals surface area contributed by atoms with E-state index >= 15 is 0 Å². The monoisotopic (exact) mass is 439 g/mol. The fraction of sp³-hybridized carbons (Fsp3) is 0.560. The van der Waals surface area contributed by atoms with E-state index in [2.05, 4.69) is 9.88 Å². The molecule has 1 N–H and O–H groups in total. The molecule has 0 aromatic carbocycles. The Morgan fingerprint density at radius 3 is 2.53 bits per heavy atom. The molecule has 2 aromatic rings. The van der Waals surface area contributed by atoms with Crippen LogP contribution in [-0.2, 0) is 4.79 Å². The summed E-state index contributed by atoms with van der Waals surface area (Å²) >= 11 is 0. The number of hydrogen-bond donors (Lipinski definition) is 1. The summed E-state index contributed by atoms with van der Waals surface area (Å²) in [4.78, 5) is 33.9. The van der Waals surface area contributed by atoms with Crippen LogP contribution in [-0.4, -0.2) is 52.5 Å². The van der Waals surface area contributed by atoms with Gasteiger partial charge in [-0.25, -0.2) is 4.98 Å². The lowest BCUT2D eigenvalue weighted by molar-refractivity contribution is -0.152. The van der Waals surface area contributed by atoms with Crippen molar-refractivity contribution >= 4 is 17.7 Å². The summed E-state index contributed by atoms with van der Waals surface area (Å²) in [7, 11) is 0. The van der Waals surface area contributed by atoms with E-state index in [-0.39, 0.29) is 11.9 Å². The minimum absolute atomic E-state index is 0.0298. The van der Waals surface area contributed by atoms with Crippen molar-refractivity contribution in [1.29, 1.82) is 0 Å². The number of furan rings is 1. The van der Waals surface area contributed by atoms with Crippen LogP contribution in [0.3, 0.4) is 0 Å². The van der Waals surface area contributed by atoms with Crippen LogP contribution >= 0.6 is 0 Å². The molecule has 1 amide bonds. The molecule has 7 nitrogen and oxygen atoms in total. The van der Waals surface area contributed by atoms with Crippen molar-refractivity contribution in [2.45, 2.75) is 64.3 Å². The third kappa shape index (κ3) is 4.88. The highest BCUT2D eigenvalue weighted by Crippen LogP contribution is 2.40. The van der Waals surface area contributed by atoms with Gasteiger partial charge in [-0.3, -0.25) is 14.5 Å². The number of pyridine rings is 1. The summed E-state index contributed by atoms with van der Waals surface area (Å²) in [6.45, 7) is 4.46. The highest BCUT2D eigenvalue weighted by Gasteiger charge is 2.40. The second kappa shape index (κ2) is 9.86. The first-order chi connectivity index (χ1) is 15.5. The van der Waals surface area contributed by atoms with Gasteiger partial charge in [-0.05, 0) is 69.3 Å². The largest absolute Gasteiger partial charge is 0.481 e. The molecule has 172 valence electrons. The standard InChI is InChI=1S/C25H33N3O4/c1-19-7-8-22(26-18-19)28(23(29)21-6-5-17-32-21)20-9-14-27(15-10-20)16-13-25(24(30)31)11-3-2-4-12-25/h5-8,17-18,20H,2-4,9-16H2,1H3,(H,30,31). The molecule has 1 saturated heterocycles. The maximum atomic E-state index is 13.2. The quantitative estimate of drug-likeness (QED) is 0.683. The normalized spacial score (nSPS) is 19.5. The van der Waals surface area contributed by atoms with Crippen LogP contribution in [0, 0.1) is 12.3 Å². The van der Waals surface area contributed by atoms with Gasteiger partial charge in [0.2, 0.25) is 0 Å². The van der Waals surface area contributed by atoms with Gasteiger partial charge < -0.3 is 14.4 Å². The summed E-state index contributed by atoms with van der Waals surface area (Å²) in [6.07, 6.45) is 10.4. The van der Waals surface area contributed by atoms with E-state index in [4.69, 9.17) is 4.42 Å². The first-order valence-electron chi connectivity index (χ1n) is 11.7. The van der Waals surface area contributed by atoms with Crippen LogP contribution in [0.15, 0.2) is 41.1 Å². The predicted octanol–water partition coefficient (Wildman–Crippen LogP) is 4.52. The van der Waals surface area contributed by atoms with Crippen LogP contribution in [0.5, 0.6) is 0 Å². The molecular weight excluding hydrogens is 406 g/mol. The molecule has 32 heavy (non-hydrogen) atoms. The second-order valence-corrected chi connectivity index (χ2v) is 9.32. The van der Waals surface area contributed by atoms with Gasteiger partial charge in [0.15, 0.2) is 5.76 Å². The van der Waals surface area contributed by atoms with Crippen molar-refractivity contribution in [3.63, 3.8) is 0 Å². The highest BCUT2D eigenvalue weighted by molar-refractivity contribution is 6.04. The number of nitrogens with zero attached hydrogens (tertiary/aromatic N) is 3. The van der Waals surface area contributed by atoms with Crippen molar-refractivity contribution < 1.29 is 19.1 Å². The first kappa shape index (κ1) is 22.5. The number of anilines is 1. The molecule has 0 bridgehead atoms. The van der Waals surface area contributed by atoms with Gasteiger partial charge in [-0.2, -0.15) is 0 Å². The minimum atomic E-state index is -0.632. The van der Waals surface area contributed by atoms with Gasteiger partial charge in [-0.1, -0.05) is 25.3 Å². The first-order valence-corrected chi connectivity index (χ1v) is 11.7. The van der Waals surface area contributed by atoms with Gasteiger partial charge in [0.25, 0.3) is 5.91 Å². The number of carboxylic acid groups (broad SMARTS) is 1. The number of amides is 1. The maximum Gasteiger partial charge on any atom is 0.309 e. The number of aryl methyl sites for hydroxylation is 1. The third-order valence-corrected chi connectivity index (χ3v) is 7.19. The predicted molar refractivity (Wildman–Crippen MR) is 122 cm³/mol. The fourth-order valence-electron chi connectivity index (χ4n) is 5.15. The Hall–Kier alpha value is -2.67. The lowest BCUT2D eigenvalue weighted by Crippen LogP contribution is -2.49. The Labute approximate surface area is 189 Å². The molecule has 0 radical (unpaired) electrons. The number of piperidine rings is 1. The van der Waals surface area contributed by atoms with Crippen LogP contribution in [0.4, 0.5) is 5.82 Å². The van der Waals surface area contributed by atoms with Crippen molar-refractivity contribution in [3.8, 4) is 0 Å². The maximum absolute atomic E-state index is 13.2. The molecule has 1 saturated carbocycles. The summed E-state index contributed by atoms with van der Waals surface area (Å²) in [6, 6.07) is 7.30. The Balaban J connectivity index is 1.41. The number of rotatable bonds is 7. The zero-order valence-corrected chi connectivity index (χ0v) is 18.8. The lowest BCUT2D eigenvalue weighted by atomic mass is 9.71. The zero-order chi connectivity index (χ0) is 22.6. The number of carboxylic acids is 1. The van der Waals surface area contributed by atoms with Crippen molar-refractivity contribution in [2.75, 3.05) is 24.5 Å². The van der Waals surface area contributed by atoms with E-state index < -0.39 is 11.4 Å². The zero-order valence-electron chi connectivity index (χ0n) is 18.8. The molecule has 3 heterocycles. The van der Waals surface area contributed by atoms with Crippen LogP contribution in [0.1, 0.15) is 67.5 Å². The fourth-order valence-corrected chi connectivity index (χ4v) is 5.15.